The predicted octanol–water partition coefficient (Wildman–Crippen LogP) is 5.12. The van der Waals surface area contributed by atoms with Crippen molar-refractivity contribution in [3.8, 4) is 23.1 Å². The van der Waals surface area contributed by atoms with Crippen molar-refractivity contribution in [3.63, 3.8) is 0 Å². The topological polar surface area (TPSA) is 90.1 Å². The first-order chi connectivity index (χ1) is 15.5. The molecule has 0 fully saturated rings. The van der Waals surface area contributed by atoms with Crippen LogP contribution in [-0.4, -0.2) is 26.8 Å². The van der Waals surface area contributed by atoms with Crippen molar-refractivity contribution in [3.05, 3.63) is 83.3 Å². The molecule has 0 spiro atoms. The number of nitrogens with one attached hydrogen (secondary N) is 1. The van der Waals surface area contributed by atoms with Gasteiger partial charge in [0.25, 0.3) is 5.22 Å². The van der Waals surface area contributed by atoms with Gasteiger partial charge in [-0.2, -0.15) is 0 Å². The van der Waals surface area contributed by atoms with Gasteiger partial charge in [-0.15, -0.1) is 10.2 Å². The largest absolute Gasteiger partial charge is 0.439 e. The first kappa shape index (κ1) is 21.8. The second-order valence-corrected chi connectivity index (χ2v) is 7.87. The van der Waals surface area contributed by atoms with Gasteiger partial charge in [-0.05, 0) is 60.2 Å². The molecule has 0 radical (unpaired) electrons. The highest BCUT2D eigenvalue weighted by Gasteiger charge is 2.11. The number of nitrogens with zero attached hydrogens (tertiary/aromatic N) is 3. The Labute approximate surface area is 192 Å². The van der Waals surface area contributed by atoms with Crippen molar-refractivity contribution in [2.75, 3.05) is 5.75 Å². The number of carbonyl (C=O) groups is 1. The van der Waals surface area contributed by atoms with E-state index < -0.39 is 0 Å². The number of thioether (sulfide) groups is 1. The Bertz CT molecular complexity index is 1200. The number of amides is 1. The summed E-state index contributed by atoms with van der Waals surface area (Å²) in [6, 6.07) is 16.1. The molecule has 0 aliphatic carbocycles. The summed E-state index contributed by atoms with van der Waals surface area (Å²) in [4.78, 5) is 16.3. The lowest BCUT2D eigenvalue weighted by Crippen LogP contribution is -2.24. The molecular weight excluding hydrogens is 455 g/mol. The number of rotatable bonds is 8. The minimum atomic E-state index is -0.346. The molecule has 2 heterocycles. The smallest absolute Gasteiger partial charge is 0.277 e. The van der Waals surface area contributed by atoms with E-state index >= 15 is 0 Å². The molecule has 0 atom stereocenters. The lowest BCUT2D eigenvalue weighted by molar-refractivity contribution is -0.118. The Balaban J connectivity index is 1.26. The van der Waals surface area contributed by atoms with Crippen LogP contribution < -0.4 is 10.1 Å². The zero-order chi connectivity index (χ0) is 22.3. The molecule has 4 rings (SSSR count). The summed E-state index contributed by atoms with van der Waals surface area (Å²) in [5, 5.41) is 11.7. The van der Waals surface area contributed by atoms with Crippen LogP contribution >= 0.6 is 23.4 Å². The Kier molecular flexibility index (Phi) is 6.98. The van der Waals surface area contributed by atoms with Gasteiger partial charge in [-0.1, -0.05) is 23.4 Å². The summed E-state index contributed by atoms with van der Waals surface area (Å²) < 4.78 is 24.2. The third-order valence-electron chi connectivity index (χ3n) is 4.15. The van der Waals surface area contributed by atoms with Gasteiger partial charge in [0.1, 0.15) is 11.6 Å². The fourth-order valence-electron chi connectivity index (χ4n) is 2.60. The van der Waals surface area contributed by atoms with Crippen LogP contribution in [0.1, 0.15) is 5.56 Å². The maximum atomic E-state index is 13.0. The second-order valence-electron chi connectivity index (χ2n) is 6.50. The fourth-order valence-corrected chi connectivity index (χ4v) is 3.31. The van der Waals surface area contributed by atoms with E-state index in [1.165, 1.54) is 24.3 Å². The maximum absolute atomic E-state index is 13.0. The molecule has 32 heavy (non-hydrogen) atoms. The quantitative estimate of drug-likeness (QED) is 0.357. The number of hydrogen-bond donors (Lipinski definition) is 1. The molecule has 162 valence electrons. The molecule has 0 aliphatic heterocycles. The van der Waals surface area contributed by atoms with E-state index in [9.17, 15) is 9.18 Å². The zero-order valence-corrected chi connectivity index (χ0v) is 18.1. The number of aromatic nitrogens is 3. The predicted molar refractivity (Wildman–Crippen MR) is 118 cm³/mol. The van der Waals surface area contributed by atoms with E-state index in [0.29, 0.717) is 34.3 Å². The minimum absolute atomic E-state index is 0.117. The lowest BCUT2D eigenvalue weighted by atomic mass is 10.2. The third kappa shape index (κ3) is 6.05. The second kappa shape index (κ2) is 10.3. The highest BCUT2D eigenvalue weighted by atomic mass is 35.5. The van der Waals surface area contributed by atoms with Crippen molar-refractivity contribution < 1.29 is 18.3 Å². The lowest BCUT2D eigenvalue weighted by Gasteiger charge is -2.07. The SMILES string of the molecule is O=C(CSc1nnc(-c2ccc(Cl)cc2)o1)NCc1ccnc(Oc2ccc(F)cc2)c1. The van der Waals surface area contributed by atoms with Crippen LogP contribution in [0.4, 0.5) is 4.39 Å². The van der Waals surface area contributed by atoms with Crippen LogP contribution in [-0.2, 0) is 11.3 Å². The van der Waals surface area contributed by atoms with Crippen molar-refractivity contribution >= 4 is 29.3 Å². The molecule has 1 N–H and O–H groups in total. The molecule has 2 aromatic heterocycles. The van der Waals surface area contributed by atoms with Crippen molar-refractivity contribution in [2.45, 2.75) is 11.8 Å². The molecule has 0 saturated heterocycles. The van der Waals surface area contributed by atoms with Gasteiger partial charge in [-0.25, -0.2) is 9.37 Å². The Morgan fingerprint density at radius 2 is 1.88 bits per heavy atom. The van der Waals surface area contributed by atoms with Crippen LogP contribution in [0, 0.1) is 5.82 Å². The van der Waals surface area contributed by atoms with E-state index in [1.807, 2.05) is 0 Å². The molecule has 4 aromatic rings. The number of ether oxygens (including phenoxy) is 1. The summed E-state index contributed by atoms with van der Waals surface area (Å²) in [6.07, 6.45) is 1.58. The van der Waals surface area contributed by atoms with Crippen molar-refractivity contribution in [1.82, 2.24) is 20.5 Å². The van der Waals surface area contributed by atoms with Gasteiger partial charge >= 0.3 is 0 Å². The zero-order valence-electron chi connectivity index (χ0n) is 16.5. The van der Waals surface area contributed by atoms with Crippen LogP contribution in [0.2, 0.25) is 5.02 Å². The monoisotopic (exact) mass is 470 g/mol. The molecule has 2 aromatic carbocycles. The number of benzene rings is 2. The normalized spacial score (nSPS) is 10.7. The molecule has 0 aliphatic rings. The minimum Gasteiger partial charge on any atom is -0.439 e. The summed E-state index contributed by atoms with van der Waals surface area (Å²) >= 11 is 7.02. The van der Waals surface area contributed by atoms with Gasteiger partial charge in [0, 0.05) is 29.4 Å². The fraction of sp³-hybridized carbons (Fsp3) is 0.0909. The molecular formula is C22H16ClFN4O3S. The highest BCUT2D eigenvalue weighted by Crippen LogP contribution is 2.24. The average Bonchev–Trinajstić information content (AvgIpc) is 3.28. The van der Waals surface area contributed by atoms with Gasteiger partial charge < -0.3 is 14.5 Å². The van der Waals surface area contributed by atoms with Crippen LogP contribution in [0.3, 0.4) is 0 Å². The van der Waals surface area contributed by atoms with E-state index in [1.54, 1.807) is 42.6 Å². The van der Waals surface area contributed by atoms with Crippen molar-refractivity contribution in [2.24, 2.45) is 0 Å². The van der Waals surface area contributed by atoms with Gasteiger partial charge in [0.05, 0.1) is 5.75 Å². The maximum Gasteiger partial charge on any atom is 0.277 e. The number of halogens is 2. The van der Waals surface area contributed by atoms with E-state index in [-0.39, 0.29) is 17.5 Å². The summed E-state index contributed by atoms with van der Waals surface area (Å²) in [5.41, 5.74) is 1.55. The first-order valence-electron chi connectivity index (χ1n) is 9.42. The number of pyridine rings is 1. The summed E-state index contributed by atoms with van der Waals surface area (Å²) in [7, 11) is 0. The molecule has 10 heteroatoms. The van der Waals surface area contributed by atoms with Crippen LogP contribution in [0.5, 0.6) is 11.6 Å². The molecule has 1 amide bonds. The molecule has 7 nitrogen and oxygen atoms in total. The van der Waals surface area contributed by atoms with Crippen LogP contribution in [0.15, 0.2) is 76.5 Å². The number of hydrogen-bond acceptors (Lipinski definition) is 7. The van der Waals surface area contributed by atoms with E-state index in [4.69, 9.17) is 20.8 Å². The first-order valence-corrected chi connectivity index (χ1v) is 10.8. The molecule has 0 bridgehead atoms. The van der Waals surface area contributed by atoms with Gasteiger partial charge in [0.15, 0.2) is 0 Å². The standard InChI is InChI=1S/C22H16ClFN4O3S/c23-16-3-1-15(2-4-16)21-27-28-22(31-21)32-13-19(29)26-12-14-9-10-25-20(11-14)30-18-7-5-17(24)6-8-18/h1-11H,12-13H2,(H,26,29). The van der Waals surface area contributed by atoms with E-state index in [0.717, 1.165) is 22.9 Å². The number of carbonyl (C=O) groups excluding carboxylic acids is 1. The van der Waals surface area contributed by atoms with Gasteiger partial charge in [0.2, 0.25) is 17.7 Å². The van der Waals surface area contributed by atoms with Gasteiger partial charge in [-0.3, -0.25) is 4.79 Å². The highest BCUT2D eigenvalue weighted by molar-refractivity contribution is 7.99. The van der Waals surface area contributed by atoms with E-state index in [2.05, 4.69) is 20.5 Å². The van der Waals surface area contributed by atoms with Crippen molar-refractivity contribution in [1.29, 1.82) is 0 Å². The Morgan fingerprint density at radius 1 is 1.09 bits per heavy atom. The third-order valence-corrected chi connectivity index (χ3v) is 5.22. The molecule has 0 saturated carbocycles. The van der Waals surface area contributed by atoms with Crippen LogP contribution in [0.25, 0.3) is 11.5 Å². The Morgan fingerprint density at radius 3 is 2.66 bits per heavy atom. The molecule has 0 unspecified atom stereocenters. The summed E-state index contributed by atoms with van der Waals surface area (Å²) in [5.74, 6) is 0.745. The average molecular weight is 471 g/mol. The Hall–Kier alpha value is -3.43. The summed E-state index contributed by atoms with van der Waals surface area (Å²) in [6.45, 7) is 0.293.